The minimum atomic E-state index is -0.458. The van der Waals surface area contributed by atoms with Crippen molar-refractivity contribution < 1.29 is 9.84 Å². The van der Waals surface area contributed by atoms with Gasteiger partial charge in [-0.3, -0.25) is 0 Å². The predicted octanol–water partition coefficient (Wildman–Crippen LogP) is 2.14. The zero-order valence-corrected chi connectivity index (χ0v) is 13.7. The van der Waals surface area contributed by atoms with E-state index in [1.165, 1.54) is 19.3 Å². The first-order valence-electron chi connectivity index (χ1n) is 7.65. The van der Waals surface area contributed by atoms with Crippen LogP contribution in [0.4, 0.5) is 0 Å². The minimum Gasteiger partial charge on any atom is -0.497 e. The molecule has 2 rings (SSSR count). The van der Waals surface area contributed by atoms with Gasteiger partial charge in [0, 0.05) is 18.6 Å². The van der Waals surface area contributed by atoms with Crippen LogP contribution in [0, 0.1) is 0 Å². The van der Waals surface area contributed by atoms with Crippen LogP contribution in [-0.2, 0) is 0 Å². The number of rotatable bonds is 7. The van der Waals surface area contributed by atoms with E-state index in [2.05, 4.69) is 30.9 Å². The first-order valence-corrected chi connectivity index (χ1v) is 7.65. The second-order valence-electron chi connectivity index (χ2n) is 6.46. The van der Waals surface area contributed by atoms with Gasteiger partial charge in [0.15, 0.2) is 0 Å². The monoisotopic (exact) mass is 292 g/mol. The van der Waals surface area contributed by atoms with Gasteiger partial charge in [-0.1, -0.05) is 12.1 Å². The summed E-state index contributed by atoms with van der Waals surface area (Å²) in [4.78, 5) is 4.58. The van der Waals surface area contributed by atoms with Crippen molar-refractivity contribution in [2.24, 2.45) is 0 Å². The standard InChI is InChI=1S/C17H28N2O2/c1-18(2)17(10-5-11-17)13-19(3)12-16(20)14-6-8-15(21-4)9-7-14/h6-9,16,20H,5,10-13H2,1-4H3. The molecule has 0 radical (unpaired) electrons. The molecule has 1 aromatic rings. The number of methoxy groups -OCH3 is 1. The lowest BCUT2D eigenvalue weighted by atomic mass is 9.75. The normalized spacial score (nSPS) is 18.6. The SMILES string of the molecule is COc1ccc(C(O)CN(C)CC2(N(C)C)CCC2)cc1. The number of aliphatic hydroxyl groups is 1. The zero-order chi connectivity index (χ0) is 15.5. The lowest BCUT2D eigenvalue weighted by Gasteiger charge is -2.49. The third-order valence-electron chi connectivity index (χ3n) is 4.78. The third kappa shape index (κ3) is 3.76. The van der Waals surface area contributed by atoms with Gasteiger partial charge in [0.1, 0.15) is 5.75 Å². The Morgan fingerprint density at radius 2 is 1.81 bits per heavy atom. The predicted molar refractivity (Wildman–Crippen MR) is 85.7 cm³/mol. The number of likely N-dealkylation sites (N-methyl/N-ethyl adjacent to an activating group) is 2. The maximum atomic E-state index is 10.4. The van der Waals surface area contributed by atoms with Gasteiger partial charge in [0.2, 0.25) is 0 Å². The molecule has 1 N–H and O–H groups in total. The summed E-state index contributed by atoms with van der Waals surface area (Å²) >= 11 is 0. The van der Waals surface area contributed by atoms with Crippen LogP contribution in [0.1, 0.15) is 30.9 Å². The van der Waals surface area contributed by atoms with E-state index in [9.17, 15) is 5.11 Å². The Morgan fingerprint density at radius 1 is 1.19 bits per heavy atom. The van der Waals surface area contributed by atoms with Crippen molar-refractivity contribution in [1.29, 1.82) is 0 Å². The Kier molecular flexibility index (Phi) is 5.25. The van der Waals surface area contributed by atoms with E-state index >= 15 is 0 Å². The molecule has 0 saturated heterocycles. The van der Waals surface area contributed by atoms with Crippen molar-refractivity contribution in [3.8, 4) is 5.75 Å². The highest BCUT2D eigenvalue weighted by molar-refractivity contribution is 5.28. The van der Waals surface area contributed by atoms with E-state index in [4.69, 9.17) is 4.74 Å². The fourth-order valence-corrected chi connectivity index (χ4v) is 3.13. The summed E-state index contributed by atoms with van der Waals surface area (Å²) in [7, 11) is 8.06. The number of hydrogen-bond acceptors (Lipinski definition) is 4. The van der Waals surface area contributed by atoms with Crippen LogP contribution in [-0.4, -0.2) is 61.8 Å². The number of aliphatic hydroxyl groups excluding tert-OH is 1. The molecule has 1 aliphatic rings. The summed E-state index contributed by atoms with van der Waals surface area (Å²) in [6, 6.07) is 7.66. The Balaban J connectivity index is 1.90. The maximum absolute atomic E-state index is 10.4. The topological polar surface area (TPSA) is 35.9 Å². The first kappa shape index (κ1) is 16.3. The van der Waals surface area contributed by atoms with Crippen LogP contribution in [0.25, 0.3) is 0 Å². The lowest BCUT2D eigenvalue weighted by molar-refractivity contribution is 0.0146. The molecule has 1 unspecified atom stereocenters. The molecule has 0 amide bonds. The molecule has 1 saturated carbocycles. The van der Waals surface area contributed by atoms with Gasteiger partial charge < -0.3 is 19.6 Å². The maximum Gasteiger partial charge on any atom is 0.118 e. The summed E-state index contributed by atoms with van der Waals surface area (Å²) in [5.41, 5.74) is 1.24. The van der Waals surface area contributed by atoms with Crippen LogP contribution < -0.4 is 4.74 Å². The molecule has 118 valence electrons. The van der Waals surface area contributed by atoms with E-state index in [0.29, 0.717) is 12.1 Å². The van der Waals surface area contributed by atoms with Crippen LogP contribution in [0.15, 0.2) is 24.3 Å². The van der Waals surface area contributed by atoms with Crippen LogP contribution in [0.5, 0.6) is 5.75 Å². The molecule has 0 spiro atoms. The van der Waals surface area contributed by atoms with Crippen LogP contribution in [0.3, 0.4) is 0 Å². The highest BCUT2D eigenvalue weighted by Gasteiger charge is 2.39. The van der Waals surface area contributed by atoms with Crippen molar-refractivity contribution in [2.75, 3.05) is 41.3 Å². The Morgan fingerprint density at radius 3 is 2.24 bits per heavy atom. The molecular formula is C17H28N2O2. The van der Waals surface area contributed by atoms with Crippen LogP contribution >= 0.6 is 0 Å². The third-order valence-corrected chi connectivity index (χ3v) is 4.78. The number of nitrogens with zero attached hydrogens (tertiary/aromatic N) is 2. The van der Waals surface area contributed by atoms with Gasteiger partial charge in [-0.2, -0.15) is 0 Å². The quantitative estimate of drug-likeness (QED) is 0.835. The van der Waals surface area contributed by atoms with Gasteiger partial charge >= 0.3 is 0 Å². The van der Waals surface area contributed by atoms with Crippen molar-refractivity contribution in [1.82, 2.24) is 9.80 Å². The summed E-state index contributed by atoms with van der Waals surface area (Å²) in [6.45, 7) is 1.66. The highest BCUT2D eigenvalue weighted by atomic mass is 16.5. The van der Waals surface area contributed by atoms with Crippen molar-refractivity contribution in [3.05, 3.63) is 29.8 Å². The molecule has 0 aliphatic heterocycles. The molecule has 0 aromatic heterocycles. The molecule has 1 aliphatic carbocycles. The minimum absolute atomic E-state index is 0.300. The van der Waals surface area contributed by atoms with Crippen molar-refractivity contribution in [2.45, 2.75) is 30.9 Å². The molecule has 21 heavy (non-hydrogen) atoms. The number of ether oxygens (including phenoxy) is 1. The second kappa shape index (κ2) is 6.77. The Hall–Kier alpha value is -1.10. The second-order valence-corrected chi connectivity index (χ2v) is 6.46. The fourth-order valence-electron chi connectivity index (χ4n) is 3.13. The van der Waals surface area contributed by atoms with Gasteiger partial charge in [-0.05, 0) is 58.1 Å². The molecule has 4 nitrogen and oxygen atoms in total. The van der Waals surface area contributed by atoms with E-state index in [1.54, 1.807) is 7.11 Å². The summed E-state index contributed by atoms with van der Waals surface area (Å²) in [6.07, 6.45) is 3.36. The van der Waals surface area contributed by atoms with Gasteiger partial charge in [0.25, 0.3) is 0 Å². The lowest BCUT2D eigenvalue weighted by Crippen LogP contribution is -2.57. The van der Waals surface area contributed by atoms with Crippen molar-refractivity contribution in [3.63, 3.8) is 0 Å². The smallest absolute Gasteiger partial charge is 0.118 e. The van der Waals surface area contributed by atoms with E-state index in [-0.39, 0.29) is 0 Å². The fraction of sp³-hybridized carbons (Fsp3) is 0.647. The summed E-state index contributed by atoms with van der Waals surface area (Å²) in [5, 5.41) is 10.4. The molecule has 1 fully saturated rings. The van der Waals surface area contributed by atoms with Gasteiger partial charge in [0.05, 0.1) is 13.2 Å². The zero-order valence-electron chi connectivity index (χ0n) is 13.7. The highest BCUT2D eigenvalue weighted by Crippen LogP contribution is 2.36. The van der Waals surface area contributed by atoms with E-state index in [1.807, 2.05) is 24.3 Å². The Labute approximate surface area is 128 Å². The van der Waals surface area contributed by atoms with Crippen LogP contribution in [0.2, 0.25) is 0 Å². The van der Waals surface area contributed by atoms with E-state index < -0.39 is 6.10 Å². The molecule has 4 heteroatoms. The average molecular weight is 292 g/mol. The molecule has 0 heterocycles. The average Bonchev–Trinajstić information content (AvgIpc) is 2.42. The molecule has 1 aromatic carbocycles. The summed E-state index contributed by atoms with van der Waals surface area (Å²) < 4.78 is 5.15. The molecule has 1 atom stereocenters. The number of hydrogen-bond donors (Lipinski definition) is 1. The number of benzene rings is 1. The first-order chi connectivity index (χ1) is 9.97. The van der Waals surface area contributed by atoms with Crippen molar-refractivity contribution >= 4 is 0 Å². The van der Waals surface area contributed by atoms with Gasteiger partial charge in [-0.25, -0.2) is 0 Å². The largest absolute Gasteiger partial charge is 0.497 e. The van der Waals surface area contributed by atoms with Gasteiger partial charge in [-0.15, -0.1) is 0 Å². The summed E-state index contributed by atoms with van der Waals surface area (Å²) in [5.74, 6) is 0.820. The van der Waals surface area contributed by atoms with E-state index in [0.717, 1.165) is 17.9 Å². The Bertz CT molecular complexity index is 441. The molecular weight excluding hydrogens is 264 g/mol. The molecule has 0 bridgehead atoms.